The summed E-state index contributed by atoms with van der Waals surface area (Å²) < 4.78 is 23.2. The van der Waals surface area contributed by atoms with Gasteiger partial charge in [0.1, 0.15) is 23.2 Å². The SMILES string of the molecule is COCCNc1nc(OC)c(Nc2nccc(-c3cc(C#N)c4c(c3)[C@@](C)(CO[Si](C)(C)C(C)(C)C)CN4C(=O)OC(C)(C)C)n2)cc1Cl. The molecule has 12 nitrogen and oxygen atoms in total. The second-order valence-corrected chi connectivity index (χ2v) is 20.1. The monoisotopic (exact) mass is 709 g/mol. The molecule has 264 valence electrons. The number of pyridine rings is 1. The van der Waals surface area contributed by atoms with Gasteiger partial charge in [0.15, 0.2) is 8.32 Å². The van der Waals surface area contributed by atoms with Crippen LogP contribution in [0.25, 0.3) is 11.3 Å². The van der Waals surface area contributed by atoms with Crippen molar-refractivity contribution in [3.05, 3.63) is 46.6 Å². The van der Waals surface area contributed by atoms with Gasteiger partial charge in [0, 0.05) is 44.0 Å². The van der Waals surface area contributed by atoms with Crippen molar-refractivity contribution >= 4 is 49.2 Å². The van der Waals surface area contributed by atoms with E-state index in [4.69, 9.17) is 35.2 Å². The van der Waals surface area contributed by atoms with Gasteiger partial charge in [-0.2, -0.15) is 10.2 Å². The van der Waals surface area contributed by atoms with E-state index in [2.05, 4.69) is 67.5 Å². The van der Waals surface area contributed by atoms with Gasteiger partial charge in [-0.15, -0.1) is 0 Å². The molecule has 3 heterocycles. The maximum absolute atomic E-state index is 13.6. The quantitative estimate of drug-likeness (QED) is 0.148. The molecule has 49 heavy (non-hydrogen) atoms. The Morgan fingerprint density at radius 1 is 1.14 bits per heavy atom. The maximum atomic E-state index is 13.6. The molecule has 0 spiro atoms. The number of nitrogens with one attached hydrogen (secondary N) is 2. The van der Waals surface area contributed by atoms with Crippen LogP contribution in [0.15, 0.2) is 30.5 Å². The van der Waals surface area contributed by atoms with Crippen LogP contribution in [0.3, 0.4) is 0 Å². The van der Waals surface area contributed by atoms with Crippen molar-refractivity contribution in [2.75, 3.05) is 56.1 Å². The molecule has 0 bridgehead atoms. The minimum Gasteiger partial charge on any atom is -0.479 e. The Hall–Kier alpha value is -3.96. The number of carbonyl (C=O) groups is 1. The Kier molecular flexibility index (Phi) is 11.2. The molecule has 0 aliphatic carbocycles. The lowest BCUT2D eigenvalue weighted by Gasteiger charge is -2.39. The highest BCUT2D eigenvalue weighted by molar-refractivity contribution is 6.74. The molecule has 1 atom stereocenters. The Morgan fingerprint density at radius 2 is 1.86 bits per heavy atom. The van der Waals surface area contributed by atoms with Gasteiger partial charge in [-0.05, 0) is 68.7 Å². The smallest absolute Gasteiger partial charge is 0.414 e. The number of aromatic nitrogens is 3. The number of amides is 1. The number of benzene rings is 1. The predicted molar refractivity (Wildman–Crippen MR) is 196 cm³/mol. The number of methoxy groups -OCH3 is 2. The number of nitrogens with zero attached hydrogens (tertiary/aromatic N) is 5. The first kappa shape index (κ1) is 37.8. The summed E-state index contributed by atoms with van der Waals surface area (Å²) >= 11 is 6.52. The van der Waals surface area contributed by atoms with Crippen LogP contribution in [0.2, 0.25) is 23.2 Å². The third-order valence-corrected chi connectivity index (χ3v) is 13.5. The molecule has 0 unspecified atom stereocenters. The summed E-state index contributed by atoms with van der Waals surface area (Å²) in [4.78, 5) is 28.8. The second kappa shape index (κ2) is 14.5. The van der Waals surface area contributed by atoms with Gasteiger partial charge in [-0.3, -0.25) is 4.90 Å². The second-order valence-electron chi connectivity index (χ2n) is 14.9. The number of carbonyl (C=O) groups excluding carboxylic acids is 1. The standard InChI is InChI=1S/C35H48ClN7O5Si/c1-33(2,3)48-32(44)43-20-35(7,21-47-49(10,11)34(4,5)6)24-17-22(16-23(19-37)28(24)43)26-12-13-39-31(40-26)41-27-18-25(36)29(38-14-15-45-8)42-30(27)46-9/h12-13,16-18H,14-15,20-21H2,1-11H3,(H,38,42)(H,39,40,41)/t35-/m1/s1. The zero-order valence-corrected chi connectivity index (χ0v) is 32.1. The summed E-state index contributed by atoms with van der Waals surface area (Å²) in [5.41, 5.74) is 2.05. The minimum absolute atomic E-state index is 0.0110. The van der Waals surface area contributed by atoms with E-state index in [0.29, 0.717) is 71.2 Å². The number of nitriles is 1. The molecular weight excluding hydrogens is 662 g/mol. The summed E-state index contributed by atoms with van der Waals surface area (Å²) in [6.07, 6.45) is 1.11. The zero-order chi connectivity index (χ0) is 36.4. The number of fused-ring (bicyclic) bond motifs is 1. The maximum Gasteiger partial charge on any atom is 0.414 e. The van der Waals surface area contributed by atoms with E-state index in [0.717, 1.165) is 5.56 Å². The van der Waals surface area contributed by atoms with Crippen LogP contribution in [-0.4, -0.2) is 75.5 Å². The molecule has 2 aromatic heterocycles. The largest absolute Gasteiger partial charge is 0.479 e. The van der Waals surface area contributed by atoms with E-state index in [9.17, 15) is 10.1 Å². The molecule has 1 aliphatic rings. The summed E-state index contributed by atoms with van der Waals surface area (Å²) in [6, 6.07) is 9.50. The highest BCUT2D eigenvalue weighted by atomic mass is 35.5. The first-order chi connectivity index (χ1) is 22.8. The first-order valence-corrected chi connectivity index (χ1v) is 19.4. The number of ether oxygens (including phenoxy) is 3. The van der Waals surface area contributed by atoms with E-state index in [1.54, 1.807) is 36.4 Å². The van der Waals surface area contributed by atoms with E-state index in [1.807, 2.05) is 26.8 Å². The Morgan fingerprint density at radius 3 is 2.47 bits per heavy atom. The van der Waals surface area contributed by atoms with Crippen LogP contribution in [-0.2, 0) is 19.3 Å². The third kappa shape index (κ3) is 8.62. The fourth-order valence-corrected chi connectivity index (χ4v) is 6.43. The lowest BCUT2D eigenvalue weighted by Crippen LogP contribution is -2.46. The van der Waals surface area contributed by atoms with Crippen molar-refractivity contribution in [1.29, 1.82) is 5.26 Å². The predicted octanol–water partition coefficient (Wildman–Crippen LogP) is 7.91. The van der Waals surface area contributed by atoms with E-state index in [1.165, 1.54) is 7.11 Å². The molecule has 1 amide bonds. The molecule has 0 fully saturated rings. The molecule has 0 radical (unpaired) electrons. The third-order valence-electron chi connectivity index (χ3n) is 8.76. The molecule has 1 aliphatic heterocycles. The van der Waals surface area contributed by atoms with Gasteiger partial charge in [-0.1, -0.05) is 39.3 Å². The van der Waals surface area contributed by atoms with Crippen molar-refractivity contribution in [2.24, 2.45) is 0 Å². The van der Waals surface area contributed by atoms with Gasteiger partial charge >= 0.3 is 6.09 Å². The number of anilines is 4. The van der Waals surface area contributed by atoms with Crippen LogP contribution in [0.1, 0.15) is 59.6 Å². The number of rotatable bonds is 11. The molecule has 1 aromatic carbocycles. The van der Waals surface area contributed by atoms with Crippen LogP contribution in [0.5, 0.6) is 5.88 Å². The first-order valence-electron chi connectivity index (χ1n) is 16.1. The fraction of sp³-hybridized carbons (Fsp3) is 0.514. The topological polar surface area (TPSA) is 144 Å². The zero-order valence-electron chi connectivity index (χ0n) is 30.4. The molecule has 0 saturated heterocycles. The molecular formula is C35H48ClN7O5Si. The van der Waals surface area contributed by atoms with Gasteiger partial charge < -0.3 is 29.3 Å². The van der Waals surface area contributed by atoms with Crippen LogP contribution in [0.4, 0.5) is 27.9 Å². The number of halogens is 1. The van der Waals surface area contributed by atoms with E-state index < -0.39 is 25.4 Å². The van der Waals surface area contributed by atoms with E-state index >= 15 is 0 Å². The van der Waals surface area contributed by atoms with Crippen molar-refractivity contribution in [1.82, 2.24) is 15.0 Å². The van der Waals surface area contributed by atoms with E-state index in [-0.39, 0.29) is 11.0 Å². The lowest BCUT2D eigenvalue weighted by molar-refractivity contribution is 0.0575. The van der Waals surface area contributed by atoms with Crippen molar-refractivity contribution < 1.29 is 23.4 Å². The summed E-state index contributed by atoms with van der Waals surface area (Å²) in [5.74, 6) is 1.02. The normalized spacial score (nSPS) is 16.2. The van der Waals surface area contributed by atoms with Crippen molar-refractivity contribution in [3.8, 4) is 23.2 Å². The minimum atomic E-state index is -2.16. The molecule has 3 aromatic rings. The van der Waals surface area contributed by atoms with Crippen LogP contribution < -0.4 is 20.3 Å². The molecule has 4 rings (SSSR count). The molecule has 0 saturated carbocycles. The lowest BCUT2D eigenvalue weighted by atomic mass is 9.83. The van der Waals surface area contributed by atoms with Crippen molar-refractivity contribution in [2.45, 2.75) is 77.6 Å². The average Bonchev–Trinajstić information content (AvgIpc) is 3.32. The summed E-state index contributed by atoms with van der Waals surface area (Å²) in [6.45, 7) is 20.2. The van der Waals surface area contributed by atoms with Crippen molar-refractivity contribution in [3.63, 3.8) is 0 Å². The van der Waals surface area contributed by atoms with Gasteiger partial charge in [0.2, 0.25) is 11.8 Å². The number of hydrogen-bond acceptors (Lipinski definition) is 11. The summed E-state index contributed by atoms with van der Waals surface area (Å²) in [5, 5.41) is 17.1. The Balaban J connectivity index is 1.76. The summed E-state index contributed by atoms with van der Waals surface area (Å²) in [7, 11) is 0.968. The van der Waals surface area contributed by atoms with Gasteiger partial charge in [0.05, 0.1) is 35.7 Å². The Labute approximate surface area is 295 Å². The molecule has 14 heteroatoms. The van der Waals surface area contributed by atoms with Gasteiger partial charge in [0.25, 0.3) is 0 Å². The highest BCUT2D eigenvalue weighted by Gasteiger charge is 2.47. The number of hydrogen-bond donors (Lipinski definition) is 2. The van der Waals surface area contributed by atoms with Crippen LogP contribution in [0, 0.1) is 11.3 Å². The average molecular weight is 710 g/mol. The highest BCUT2D eigenvalue weighted by Crippen LogP contribution is 2.47. The fourth-order valence-electron chi connectivity index (χ4n) is 5.10. The van der Waals surface area contributed by atoms with Crippen LogP contribution >= 0.6 is 11.6 Å². The molecule has 2 N–H and O–H groups in total. The van der Waals surface area contributed by atoms with Gasteiger partial charge in [-0.25, -0.2) is 14.8 Å². The Bertz CT molecular complexity index is 1730.